The van der Waals surface area contributed by atoms with Gasteiger partial charge in [-0.3, -0.25) is 0 Å². The maximum Gasteiger partial charge on any atom is 0.174 e. The van der Waals surface area contributed by atoms with Gasteiger partial charge in [-0.25, -0.2) is 0 Å². The molecule has 16 heavy (non-hydrogen) atoms. The Bertz CT molecular complexity index is 515. The minimum atomic E-state index is 0.710. The minimum absolute atomic E-state index is 0.710. The van der Waals surface area contributed by atoms with Gasteiger partial charge in [0.1, 0.15) is 5.51 Å². The maximum atomic E-state index is 8.76. The predicted molar refractivity (Wildman–Crippen MR) is 65.4 cm³/mol. The van der Waals surface area contributed by atoms with Gasteiger partial charge in [0.25, 0.3) is 0 Å². The van der Waals surface area contributed by atoms with Gasteiger partial charge in [-0.15, -0.1) is 10.2 Å². The number of nitriles is 1. The summed E-state index contributed by atoms with van der Waals surface area (Å²) in [5.74, 6) is 0.868. The number of benzene rings is 1. The lowest BCUT2D eigenvalue weighted by molar-refractivity contribution is 1.01. The first kappa shape index (κ1) is 11.1. The molecule has 5 heteroatoms. The Morgan fingerprint density at radius 1 is 1.50 bits per heavy atom. The normalized spacial score (nSPS) is 10.0. The molecule has 0 saturated carbocycles. The summed E-state index contributed by atoms with van der Waals surface area (Å²) in [6, 6.07) is 7.90. The van der Waals surface area contributed by atoms with Crippen molar-refractivity contribution < 1.29 is 0 Å². The largest absolute Gasteiger partial charge is 0.192 e. The highest BCUT2D eigenvalue weighted by atomic mass is 32.2. The molecule has 0 atom stereocenters. The average Bonchev–Trinajstić information content (AvgIpc) is 2.80. The second-order valence-corrected chi connectivity index (χ2v) is 5.30. The minimum Gasteiger partial charge on any atom is -0.192 e. The van der Waals surface area contributed by atoms with E-state index in [1.165, 1.54) is 5.56 Å². The molecule has 3 nitrogen and oxygen atoms in total. The number of nitrogens with zero attached hydrogens (tertiary/aromatic N) is 3. The summed E-state index contributed by atoms with van der Waals surface area (Å²) < 4.78 is 0.976. The van der Waals surface area contributed by atoms with Crippen molar-refractivity contribution in [3.05, 3.63) is 40.4 Å². The standard InChI is InChI=1S/C11H9N3S2/c1-8-4-9(5-12)2-3-10(8)6-15-11-14-13-7-16-11/h2-4,7H,6H2,1H3. The Morgan fingerprint density at radius 3 is 3.00 bits per heavy atom. The van der Waals surface area contributed by atoms with Crippen molar-refractivity contribution in [3.63, 3.8) is 0 Å². The number of aromatic nitrogens is 2. The summed E-state index contributed by atoms with van der Waals surface area (Å²) in [4.78, 5) is 0. The summed E-state index contributed by atoms with van der Waals surface area (Å²) in [5, 5.41) is 16.5. The van der Waals surface area contributed by atoms with Gasteiger partial charge in [-0.2, -0.15) is 5.26 Å². The van der Waals surface area contributed by atoms with Gasteiger partial charge in [-0.1, -0.05) is 29.2 Å². The molecule has 1 heterocycles. The molecule has 0 amide bonds. The van der Waals surface area contributed by atoms with Crippen LogP contribution in [0.1, 0.15) is 16.7 Å². The molecule has 0 bridgehead atoms. The van der Waals surface area contributed by atoms with Gasteiger partial charge in [-0.05, 0) is 30.2 Å². The number of rotatable bonds is 3. The molecule has 1 aromatic heterocycles. The predicted octanol–water partition coefficient (Wildman–Crippen LogP) is 3.01. The lowest BCUT2D eigenvalue weighted by Gasteiger charge is -2.03. The molecule has 0 spiro atoms. The van der Waals surface area contributed by atoms with Crippen LogP contribution in [0.3, 0.4) is 0 Å². The Labute approximate surface area is 102 Å². The number of hydrogen-bond acceptors (Lipinski definition) is 5. The highest BCUT2D eigenvalue weighted by Crippen LogP contribution is 2.25. The second kappa shape index (κ2) is 5.10. The Kier molecular flexibility index (Phi) is 3.54. The van der Waals surface area contributed by atoms with Crippen molar-refractivity contribution in [1.29, 1.82) is 5.26 Å². The molecule has 0 fully saturated rings. The van der Waals surface area contributed by atoms with Crippen molar-refractivity contribution in [2.24, 2.45) is 0 Å². The van der Waals surface area contributed by atoms with Crippen LogP contribution in [-0.4, -0.2) is 10.2 Å². The first-order valence-corrected chi connectivity index (χ1v) is 6.54. The van der Waals surface area contributed by atoms with Crippen LogP contribution in [-0.2, 0) is 5.75 Å². The maximum absolute atomic E-state index is 8.76. The molecule has 0 aliphatic heterocycles. The quantitative estimate of drug-likeness (QED) is 0.782. The highest BCUT2D eigenvalue weighted by Gasteiger charge is 2.03. The van der Waals surface area contributed by atoms with Crippen LogP contribution in [0.5, 0.6) is 0 Å². The van der Waals surface area contributed by atoms with E-state index in [1.54, 1.807) is 28.6 Å². The Balaban J connectivity index is 2.08. The third-order valence-corrected chi connectivity index (χ3v) is 4.07. The molecule has 0 N–H and O–H groups in total. The average molecular weight is 247 g/mol. The van der Waals surface area contributed by atoms with Gasteiger partial charge >= 0.3 is 0 Å². The van der Waals surface area contributed by atoms with Crippen molar-refractivity contribution in [3.8, 4) is 6.07 Å². The van der Waals surface area contributed by atoms with Crippen LogP contribution in [0.4, 0.5) is 0 Å². The third-order valence-electron chi connectivity index (χ3n) is 2.16. The monoisotopic (exact) mass is 247 g/mol. The van der Waals surface area contributed by atoms with Crippen molar-refractivity contribution in [1.82, 2.24) is 10.2 Å². The molecule has 80 valence electrons. The van der Waals surface area contributed by atoms with Crippen molar-refractivity contribution in [2.45, 2.75) is 17.0 Å². The first-order valence-electron chi connectivity index (χ1n) is 4.68. The van der Waals surface area contributed by atoms with E-state index in [-0.39, 0.29) is 0 Å². The van der Waals surface area contributed by atoms with E-state index in [0.29, 0.717) is 5.56 Å². The molecular formula is C11H9N3S2. The van der Waals surface area contributed by atoms with E-state index < -0.39 is 0 Å². The van der Waals surface area contributed by atoms with Crippen molar-refractivity contribution >= 4 is 23.1 Å². The molecule has 0 saturated heterocycles. The van der Waals surface area contributed by atoms with Gasteiger partial charge in [0.05, 0.1) is 11.6 Å². The van der Waals surface area contributed by atoms with Crippen LogP contribution in [0.15, 0.2) is 28.0 Å². The fourth-order valence-corrected chi connectivity index (χ4v) is 2.86. The SMILES string of the molecule is Cc1cc(C#N)ccc1CSc1nncs1. The zero-order chi connectivity index (χ0) is 11.4. The Morgan fingerprint density at radius 2 is 2.38 bits per heavy atom. The van der Waals surface area contributed by atoms with E-state index in [1.807, 2.05) is 25.1 Å². The topological polar surface area (TPSA) is 49.6 Å². The van der Waals surface area contributed by atoms with Crippen molar-refractivity contribution in [2.75, 3.05) is 0 Å². The van der Waals surface area contributed by atoms with E-state index in [4.69, 9.17) is 5.26 Å². The highest BCUT2D eigenvalue weighted by molar-refractivity contribution is 8.00. The second-order valence-electron chi connectivity index (χ2n) is 3.25. The summed E-state index contributed by atoms with van der Waals surface area (Å²) in [6.45, 7) is 2.02. The molecule has 1 aromatic carbocycles. The lowest BCUT2D eigenvalue weighted by atomic mass is 10.1. The zero-order valence-corrected chi connectivity index (χ0v) is 10.3. The molecular weight excluding hydrogens is 238 g/mol. The molecule has 0 radical (unpaired) electrons. The van der Waals surface area contributed by atoms with E-state index in [0.717, 1.165) is 15.7 Å². The van der Waals surface area contributed by atoms with Crippen LogP contribution < -0.4 is 0 Å². The number of aryl methyl sites for hydroxylation is 1. The van der Waals surface area contributed by atoms with Crippen LogP contribution >= 0.6 is 23.1 Å². The van der Waals surface area contributed by atoms with Gasteiger partial charge < -0.3 is 0 Å². The van der Waals surface area contributed by atoms with Crippen LogP contribution in [0, 0.1) is 18.3 Å². The zero-order valence-electron chi connectivity index (χ0n) is 8.67. The summed E-state index contributed by atoms with van der Waals surface area (Å²) in [5.41, 5.74) is 4.82. The fourth-order valence-electron chi connectivity index (χ4n) is 1.29. The number of thioether (sulfide) groups is 1. The number of hydrogen-bond donors (Lipinski definition) is 0. The van der Waals surface area contributed by atoms with Gasteiger partial charge in [0.15, 0.2) is 4.34 Å². The molecule has 2 rings (SSSR count). The van der Waals surface area contributed by atoms with E-state index in [2.05, 4.69) is 16.3 Å². The smallest absolute Gasteiger partial charge is 0.174 e. The van der Waals surface area contributed by atoms with Gasteiger partial charge in [0.2, 0.25) is 0 Å². The molecule has 2 aromatic rings. The van der Waals surface area contributed by atoms with E-state index >= 15 is 0 Å². The molecule has 0 unspecified atom stereocenters. The lowest BCUT2D eigenvalue weighted by Crippen LogP contribution is -1.87. The third kappa shape index (κ3) is 2.60. The summed E-state index contributed by atoms with van der Waals surface area (Å²) in [7, 11) is 0. The Hall–Kier alpha value is -1.38. The summed E-state index contributed by atoms with van der Waals surface area (Å²) in [6.07, 6.45) is 0. The fraction of sp³-hybridized carbons (Fsp3) is 0.182. The van der Waals surface area contributed by atoms with Crippen LogP contribution in [0.2, 0.25) is 0 Å². The molecule has 0 aliphatic rings. The van der Waals surface area contributed by atoms with Gasteiger partial charge in [0, 0.05) is 5.75 Å². The molecule has 0 aliphatic carbocycles. The first-order chi connectivity index (χ1) is 7.79. The van der Waals surface area contributed by atoms with Crippen LogP contribution in [0.25, 0.3) is 0 Å². The summed E-state index contributed by atoms with van der Waals surface area (Å²) >= 11 is 3.21. The van der Waals surface area contributed by atoms with E-state index in [9.17, 15) is 0 Å².